The first kappa shape index (κ1) is 23.7. The molecule has 3 rings (SSSR count). The van der Waals surface area contributed by atoms with Crippen molar-refractivity contribution in [3.05, 3.63) is 76.8 Å². The number of hydrogen-bond acceptors (Lipinski definition) is 5. The van der Waals surface area contributed by atoms with Crippen LogP contribution in [-0.4, -0.2) is 35.1 Å². The summed E-state index contributed by atoms with van der Waals surface area (Å²) in [4.78, 5) is 13.9. The molecular formula is C22H20Cl2N2O5S. The zero-order valence-corrected chi connectivity index (χ0v) is 19.5. The molecule has 0 spiro atoms. The summed E-state index contributed by atoms with van der Waals surface area (Å²) in [6, 6.07) is 17.3. The molecule has 0 aliphatic carbocycles. The molecule has 0 aliphatic heterocycles. The van der Waals surface area contributed by atoms with Crippen molar-refractivity contribution in [3.63, 3.8) is 0 Å². The smallest absolute Gasteiger partial charge is 0.264 e. The van der Waals surface area contributed by atoms with Crippen molar-refractivity contribution in [2.75, 3.05) is 30.4 Å². The number of halogens is 2. The van der Waals surface area contributed by atoms with Crippen LogP contribution < -0.4 is 19.1 Å². The number of benzene rings is 3. The first-order valence-electron chi connectivity index (χ1n) is 9.31. The molecule has 1 N–H and O–H groups in total. The lowest BCUT2D eigenvalue weighted by molar-refractivity contribution is -0.120. The van der Waals surface area contributed by atoms with Gasteiger partial charge in [-0.25, -0.2) is 8.42 Å². The van der Waals surface area contributed by atoms with Crippen LogP contribution in [0.15, 0.2) is 71.6 Å². The Balaban J connectivity index is 1.67. The topological polar surface area (TPSA) is 84.9 Å². The highest BCUT2D eigenvalue weighted by molar-refractivity contribution is 7.92. The lowest BCUT2D eigenvalue weighted by atomic mass is 10.3. The highest BCUT2D eigenvalue weighted by Crippen LogP contribution is 2.29. The number of carbonyl (C=O) groups is 1. The predicted octanol–water partition coefficient (Wildman–Crippen LogP) is 4.84. The number of anilines is 2. The molecule has 3 aromatic carbocycles. The van der Waals surface area contributed by atoms with Crippen LogP contribution in [0.5, 0.6) is 11.5 Å². The molecule has 0 radical (unpaired) electrons. The van der Waals surface area contributed by atoms with Gasteiger partial charge in [-0.3, -0.25) is 9.52 Å². The van der Waals surface area contributed by atoms with Gasteiger partial charge in [0.2, 0.25) is 0 Å². The van der Waals surface area contributed by atoms with Crippen molar-refractivity contribution in [1.29, 1.82) is 0 Å². The summed E-state index contributed by atoms with van der Waals surface area (Å²) in [5, 5.41) is 0.546. The number of hydrogen-bond donors (Lipinski definition) is 1. The molecule has 168 valence electrons. The van der Waals surface area contributed by atoms with Gasteiger partial charge in [-0.1, -0.05) is 29.3 Å². The Morgan fingerprint density at radius 1 is 1.03 bits per heavy atom. The van der Waals surface area contributed by atoms with Gasteiger partial charge in [-0.15, -0.1) is 0 Å². The zero-order chi connectivity index (χ0) is 23.3. The largest absolute Gasteiger partial charge is 0.497 e. The van der Waals surface area contributed by atoms with Crippen LogP contribution in [0.3, 0.4) is 0 Å². The van der Waals surface area contributed by atoms with Gasteiger partial charge in [0.1, 0.15) is 11.5 Å². The van der Waals surface area contributed by atoms with Crippen LogP contribution in [0, 0.1) is 0 Å². The van der Waals surface area contributed by atoms with E-state index in [-0.39, 0.29) is 28.2 Å². The van der Waals surface area contributed by atoms with Gasteiger partial charge in [-0.2, -0.15) is 0 Å². The maximum Gasteiger partial charge on any atom is 0.264 e. The third kappa shape index (κ3) is 5.85. The Morgan fingerprint density at radius 2 is 1.75 bits per heavy atom. The number of methoxy groups -OCH3 is 1. The summed E-state index contributed by atoms with van der Waals surface area (Å²) in [6.45, 7) is -0.289. The van der Waals surface area contributed by atoms with Crippen LogP contribution in [0.25, 0.3) is 0 Å². The number of nitrogens with one attached hydrogen (secondary N) is 1. The summed E-state index contributed by atoms with van der Waals surface area (Å²) in [5.74, 6) is 0.482. The summed E-state index contributed by atoms with van der Waals surface area (Å²) in [6.07, 6.45) is 0. The van der Waals surface area contributed by atoms with Crippen LogP contribution in [0.4, 0.5) is 11.4 Å². The van der Waals surface area contributed by atoms with Crippen LogP contribution in [0.1, 0.15) is 0 Å². The molecule has 0 unspecified atom stereocenters. The van der Waals surface area contributed by atoms with Crippen molar-refractivity contribution < 1.29 is 22.7 Å². The zero-order valence-electron chi connectivity index (χ0n) is 17.2. The van der Waals surface area contributed by atoms with E-state index in [1.807, 2.05) is 0 Å². The normalized spacial score (nSPS) is 11.0. The molecule has 0 saturated carbocycles. The average molecular weight is 495 g/mol. The third-order valence-corrected chi connectivity index (χ3v) is 6.40. The molecule has 32 heavy (non-hydrogen) atoms. The standard InChI is InChI=1S/C22H20Cl2N2O5S/c1-26(17-4-3-5-18(12-17)30-2)22(27)14-31-21-11-10-19(13-20(21)24)32(28,29)25-16-8-6-15(23)7-9-16/h3-13,25H,14H2,1-2H3. The number of amides is 1. The lowest BCUT2D eigenvalue weighted by Crippen LogP contribution is -2.31. The van der Waals surface area contributed by atoms with E-state index >= 15 is 0 Å². The molecule has 0 atom stereocenters. The van der Waals surface area contributed by atoms with Crippen molar-refractivity contribution in [2.45, 2.75) is 4.90 Å². The van der Waals surface area contributed by atoms with Gasteiger partial charge >= 0.3 is 0 Å². The highest BCUT2D eigenvalue weighted by Gasteiger charge is 2.18. The Hall–Kier alpha value is -2.94. The van der Waals surface area contributed by atoms with Gasteiger partial charge in [-0.05, 0) is 54.6 Å². The average Bonchev–Trinajstić information content (AvgIpc) is 2.78. The number of ether oxygens (including phenoxy) is 2. The van der Waals surface area contributed by atoms with Crippen molar-refractivity contribution in [3.8, 4) is 11.5 Å². The van der Waals surface area contributed by atoms with Gasteiger partial charge in [0.15, 0.2) is 6.61 Å². The first-order chi connectivity index (χ1) is 15.2. The van der Waals surface area contributed by atoms with Crippen LogP contribution in [-0.2, 0) is 14.8 Å². The van der Waals surface area contributed by atoms with E-state index in [0.717, 1.165) is 0 Å². The number of carbonyl (C=O) groups excluding carboxylic acids is 1. The molecule has 1 amide bonds. The second-order valence-electron chi connectivity index (χ2n) is 6.65. The fraction of sp³-hybridized carbons (Fsp3) is 0.136. The second kappa shape index (κ2) is 10.1. The Morgan fingerprint density at radius 3 is 2.41 bits per heavy atom. The van der Waals surface area contributed by atoms with E-state index in [9.17, 15) is 13.2 Å². The minimum Gasteiger partial charge on any atom is -0.497 e. The Kier molecular flexibility index (Phi) is 7.50. The van der Waals surface area contributed by atoms with Crippen molar-refractivity contribution in [1.82, 2.24) is 0 Å². The molecule has 0 heterocycles. The van der Waals surface area contributed by atoms with E-state index in [2.05, 4.69) is 4.72 Å². The summed E-state index contributed by atoms with van der Waals surface area (Å²) in [7, 11) is -0.719. The van der Waals surface area contributed by atoms with Gasteiger partial charge in [0.25, 0.3) is 15.9 Å². The molecule has 0 saturated heterocycles. The summed E-state index contributed by atoms with van der Waals surface area (Å²) < 4.78 is 38.3. The molecule has 0 bridgehead atoms. The maximum atomic E-state index is 12.6. The molecule has 10 heteroatoms. The van der Waals surface area contributed by atoms with Gasteiger partial charge in [0.05, 0.1) is 17.0 Å². The lowest BCUT2D eigenvalue weighted by Gasteiger charge is -2.18. The second-order valence-corrected chi connectivity index (χ2v) is 9.17. The minimum absolute atomic E-state index is 0.0513. The summed E-state index contributed by atoms with van der Waals surface area (Å²) >= 11 is 12.0. The Bertz CT molecular complexity index is 1220. The van der Waals surface area contributed by atoms with Crippen LogP contribution >= 0.6 is 23.2 Å². The summed E-state index contributed by atoms with van der Waals surface area (Å²) in [5.41, 5.74) is 0.996. The maximum absolute atomic E-state index is 12.6. The van der Waals surface area contributed by atoms with Crippen molar-refractivity contribution >= 4 is 50.5 Å². The number of rotatable bonds is 8. The van der Waals surface area contributed by atoms with E-state index in [1.165, 1.54) is 23.1 Å². The Labute approximate surface area is 196 Å². The third-order valence-electron chi connectivity index (χ3n) is 4.48. The molecule has 0 fully saturated rings. The highest BCUT2D eigenvalue weighted by atomic mass is 35.5. The van der Waals surface area contributed by atoms with E-state index in [4.69, 9.17) is 32.7 Å². The van der Waals surface area contributed by atoms with Gasteiger partial charge in [0, 0.05) is 29.5 Å². The quantitative estimate of drug-likeness (QED) is 0.483. The van der Waals surface area contributed by atoms with E-state index < -0.39 is 10.0 Å². The van der Waals surface area contributed by atoms with Crippen molar-refractivity contribution in [2.24, 2.45) is 0 Å². The van der Waals surface area contributed by atoms with Crippen LogP contribution in [0.2, 0.25) is 10.0 Å². The SMILES string of the molecule is COc1cccc(N(C)C(=O)COc2ccc(S(=O)(=O)Nc3ccc(Cl)cc3)cc2Cl)c1. The number of nitrogens with zero attached hydrogens (tertiary/aromatic N) is 1. The molecule has 0 aromatic heterocycles. The fourth-order valence-electron chi connectivity index (χ4n) is 2.70. The van der Waals surface area contributed by atoms with E-state index in [0.29, 0.717) is 22.1 Å². The first-order valence-corrected chi connectivity index (χ1v) is 11.5. The monoisotopic (exact) mass is 494 g/mol. The molecule has 3 aromatic rings. The molecular weight excluding hydrogens is 475 g/mol. The minimum atomic E-state index is -3.87. The predicted molar refractivity (Wildman–Crippen MR) is 126 cm³/mol. The fourth-order valence-corrected chi connectivity index (χ4v) is 4.21. The van der Waals surface area contributed by atoms with Gasteiger partial charge < -0.3 is 14.4 Å². The van der Waals surface area contributed by atoms with E-state index in [1.54, 1.807) is 62.7 Å². The number of likely N-dealkylation sites (N-methyl/N-ethyl adjacent to an activating group) is 1. The number of sulfonamides is 1. The molecule has 0 aliphatic rings. The molecule has 7 nitrogen and oxygen atoms in total.